The molecule has 6 aromatic carbocycles. The molecule has 0 saturated carbocycles. The summed E-state index contributed by atoms with van der Waals surface area (Å²) in [6.45, 7) is 24.7. The third kappa shape index (κ3) is 13.0. The predicted molar refractivity (Wildman–Crippen MR) is 442 cm³/mol. The van der Waals surface area contributed by atoms with Gasteiger partial charge in [0.1, 0.15) is 103 Å². The van der Waals surface area contributed by atoms with Crippen LogP contribution in [0.4, 0.5) is 17.5 Å². The second-order valence-corrected chi connectivity index (χ2v) is 31.6. The minimum Gasteiger partial charge on any atom is -0.382 e. The molecule has 18 rings (SSSR count). The molecule has 6 aliphatic rings. The lowest BCUT2D eigenvalue weighted by atomic mass is 9.87. The summed E-state index contributed by atoms with van der Waals surface area (Å²) in [7, 11) is 2.09. The van der Waals surface area contributed by atoms with Crippen molar-refractivity contribution in [1.82, 2.24) is 72.5 Å². The summed E-state index contributed by atoms with van der Waals surface area (Å²) in [4.78, 5) is 92.0. The fourth-order valence-corrected chi connectivity index (χ4v) is 18.8. The maximum atomic E-state index is 13.1. The van der Waals surface area contributed by atoms with Gasteiger partial charge in [-0.25, -0.2) is 29.9 Å². The lowest BCUT2D eigenvalue weighted by molar-refractivity contribution is -0.139. The molecular weight excluding hydrogens is 1450 g/mol. The highest BCUT2D eigenvalue weighted by Crippen LogP contribution is 2.50. The molecular formula is C90H94N18O7. The highest BCUT2D eigenvalue weighted by Gasteiger charge is 2.57. The predicted octanol–water partition coefficient (Wildman–Crippen LogP) is 10.8. The molecule has 586 valence electrons. The topological polar surface area (TPSA) is 317 Å². The molecule has 0 spiro atoms. The number of likely N-dealkylation sites (tertiary alicyclic amines) is 6. The second kappa shape index (κ2) is 29.8. The van der Waals surface area contributed by atoms with Crippen LogP contribution >= 0.6 is 0 Å². The number of nitrogens with zero attached hydrogens (tertiary/aromatic N) is 15. The highest BCUT2D eigenvalue weighted by atomic mass is 16.3. The number of likely N-dealkylation sites (N-methyl/N-ethyl adjacent to an activating group) is 1. The molecule has 4 amide bonds. The van der Waals surface area contributed by atoms with Gasteiger partial charge in [-0.15, -0.1) is 0 Å². The Bertz CT molecular complexity index is 5750. The number of aromatic nitrogens is 9. The largest absolute Gasteiger partial charge is 0.382 e. The Morgan fingerprint density at radius 2 is 0.730 bits per heavy atom. The van der Waals surface area contributed by atoms with E-state index in [-0.39, 0.29) is 72.0 Å². The van der Waals surface area contributed by atoms with Gasteiger partial charge in [-0.3, -0.25) is 42.2 Å². The van der Waals surface area contributed by atoms with E-state index in [2.05, 4.69) is 65.4 Å². The molecule has 12 aromatic rings. The van der Waals surface area contributed by atoms with E-state index in [4.69, 9.17) is 32.2 Å². The molecule has 25 nitrogen and oxygen atoms in total. The Balaban J connectivity index is 0.000000130. The number of hydrogen-bond acceptors (Lipinski definition) is 18. The van der Waals surface area contributed by atoms with E-state index in [1.807, 2.05) is 204 Å². The van der Waals surface area contributed by atoms with Gasteiger partial charge in [-0.2, -0.15) is 0 Å². The number of anilines is 3. The van der Waals surface area contributed by atoms with Gasteiger partial charge in [0.25, 0.3) is 0 Å². The number of benzene rings is 6. The fraction of sp³-hybridized carbons (Fsp3) is 0.289. The molecule has 9 N–H and O–H groups in total. The second-order valence-electron chi connectivity index (χ2n) is 31.6. The Kier molecular flexibility index (Phi) is 19.8. The summed E-state index contributed by atoms with van der Waals surface area (Å²) >= 11 is 0. The van der Waals surface area contributed by atoms with Gasteiger partial charge >= 0.3 is 0 Å². The summed E-state index contributed by atoms with van der Waals surface area (Å²) in [5, 5.41) is 33.9. The molecule has 6 aromatic heterocycles. The molecule has 25 heteroatoms. The van der Waals surface area contributed by atoms with Crippen molar-refractivity contribution in [2.24, 2.45) is 0 Å². The first-order valence-corrected chi connectivity index (χ1v) is 38.9. The van der Waals surface area contributed by atoms with Gasteiger partial charge in [-0.1, -0.05) is 184 Å². The lowest BCUT2D eigenvalue weighted by Gasteiger charge is -2.41. The van der Waals surface area contributed by atoms with Gasteiger partial charge in [0, 0.05) is 111 Å². The zero-order valence-corrected chi connectivity index (χ0v) is 65.3. The zero-order chi connectivity index (χ0) is 80.8. The monoisotopic (exact) mass is 1540 g/mol. The van der Waals surface area contributed by atoms with Crippen LogP contribution in [0, 0.1) is 0 Å². The van der Waals surface area contributed by atoms with Gasteiger partial charge in [0.05, 0.1) is 12.1 Å². The number of nitrogen functional groups attached to an aromatic ring is 3. The molecule has 6 bridgehead atoms. The van der Waals surface area contributed by atoms with Crippen molar-refractivity contribution in [1.29, 1.82) is 0 Å². The van der Waals surface area contributed by atoms with Crippen LogP contribution in [0.1, 0.15) is 130 Å². The molecule has 0 radical (unpaired) electrons. The standard InChI is InChI=1S/C31H34N6O2.C30H30N6O3.C29H30N6O2/c1-5-25(38)37-23-17-24(36(18-23)19(2)3)27(37)30-34-26(28-29(32)33-15-16-35(28)30)20-11-13-22(14-12-20)31(4,39)21-9-7-6-8-10-21;1-4-24(38)36-22-16-23(35(17-22)18(2)37)26(36)29-33-25(27-28(31)32-14-15-34(27)29)19-10-12-21(13-11-19)30(3,39)20-8-6-5-7-9-20;1-4-23(36)35-21-16-22(33(3)17-21)25(35)28-32-24(26-27(30)31-14-15-34(26)28)18-10-12-20(13-11-18)29(2,37)19-8-6-5-7-9-19/h5-16,19,23-24,27,39H,1,17-18H2,2-4H3,(H2,32,33);4-15,22-23,26,39H,1,16-17H2,2-3H3,(H2,31,32);4-15,21-22,25,37H,1,16-17H2,2-3H3,(H2,30,31)/t23-,24-,27?,31?;22-,23-,26?,30?;21?,22-,25?,29?/m000/s1. The Morgan fingerprint density at radius 3 is 1.06 bits per heavy atom. The van der Waals surface area contributed by atoms with Crippen LogP contribution < -0.4 is 17.2 Å². The third-order valence-electron chi connectivity index (χ3n) is 24.6. The summed E-state index contributed by atoms with van der Waals surface area (Å²) < 4.78 is 5.83. The van der Waals surface area contributed by atoms with Crippen LogP contribution in [-0.4, -0.2) is 180 Å². The molecule has 12 heterocycles. The smallest absolute Gasteiger partial charge is 0.246 e. The minimum absolute atomic E-state index is 0.0264. The van der Waals surface area contributed by atoms with Gasteiger partial charge in [0.15, 0.2) is 0 Å². The van der Waals surface area contributed by atoms with Crippen molar-refractivity contribution in [3.05, 3.63) is 290 Å². The van der Waals surface area contributed by atoms with Crippen molar-refractivity contribution < 1.29 is 34.5 Å². The van der Waals surface area contributed by atoms with E-state index in [0.29, 0.717) is 75.9 Å². The van der Waals surface area contributed by atoms with Gasteiger partial charge < -0.3 is 52.1 Å². The van der Waals surface area contributed by atoms with Crippen molar-refractivity contribution in [2.75, 3.05) is 43.9 Å². The maximum Gasteiger partial charge on any atom is 0.246 e. The number of carbonyl (C=O) groups is 4. The van der Waals surface area contributed by atoms with Gasteiger partial charge in [0.2, 0.25) is 23.6 Å². The van der Waals surface area contributed by atoms with Crippen molar-refractivity contribution in [2.45, 2.75) is 138 Å². The molecule has 115 heavy (non-hydrogen) atoms. The number of carbonyl (C=O) groups excluding carboxylic acids is 4. The highest BCUT2D eigenvalue weighted by molar-refractivity contribution is 5.92. The number of rotatable bonds is 16. The van der Waals surface area contributed by atoms with E-state index in [1.54, 1.807) is 57.4 Å². The summed E-state index contributed by atoms with van der Waals surface area (Å²) in [5.41, 5.74) is 27.0. The summed E-state index contributed by atoms with van der Waals surface area (Å²) in [6.07, 6.45) is 17.0. The van der Waals surface area contributed by atoms with E-state index in [1.165, 1.54) is 18.2 Å². The van der Waals surface area contributed by atoms with Crippen LogP contribution in [0.2, 0.25) is 0 Å². The maximum absolute atomic E-state index is 13.1. The number of fused-ring (bicyclic) bond motifs is 9. The molecule has 6 aliphatic heterocycles. The number of aliphatic hydroxyl groups is 3. The number of piperazine rings is 3. The van der Waals surface area contributed by atoms with Crippen LogP contribution in [0.5, 0.6) is 0 Å². The fourth-order valence-electron chi connectivity index (χ4n) is 18.8. The van der Waals surface area contributed by atoms with E-state index in [0.717, 1.165) is 87.7 Å². The summed E-state index contributed by atoms with van der Waals surface area (Å²) in [5.74, 6) is 2.80. The first-order valence-electron chi connectivity index (χ1n) is 38.9. The van der Waals surface area contributed by atoms with Crippen LogP contribution in [0.15, 0.2) is 239 Å². The molecule has 6 fully saturated rings. The normalized spacial score (nSPS) is 22.4. The third-order valence-corrected chi connectivity index (χ3v) is 24.6. The first kappa shape index (κ1) is 76.5. The van der Waals surface area contributed by atoms with Crippen LogP contribution in [-0.2, 0) is 36.0 Å². The van der Waals surface area contributed by atoms with Gasteiger partial charge in [-0.05, 0) is 113 Å². The SMILES string of the molecule is C=CC(=O)N1C(c2nc(-c3ccc(C(C)(O)c4ccccc4)cc3)c3c(N)nccn23)[C@@H]2C[C@H]1CN2C(C)=O.C=CC(=O)N1C(c2nc(-c3ccc(C(C)(O)c4ccccc4)cc3)c3c(N)nccn23)[C@@H]2C[C@H]1CN2C(C)C.C=CC(=O)N1C2C[C@@H](C1c1nc(-c3ccc(C(C)(O)c4ccccc4)cc3)c3c(N)nccn13)N(C)C2. The van der Waals surface area contributed by atoms with Crippen molar-refractivity contribution in [3.63, 3.8) is 0 Å². The average Bonchev–Trinajstić information content (AvgIpc) is 1.57. The average molecular weight is 1540 g/mol. The Labute approximate surface area is 666 Å². The Hall–Kier alpha value is -12.5. The molecule has 7 unspecified atom stereocenters. The number of nitrogens with two attached hydrogens (primary N) is 3. The summed E-state index contributed by atoms with van der Waals surface area (Å²) in [6, 6.07) is 51.4. The number of amides is 4. The van der Waals surface area contributed by atoms with E-state index >= 15 is 0 Å². The Morgan fingerprint density at radius 1 is 0.435 bits per heavy atom. The van der Waals surface area contributed by atoms with E-state index < -0.39 is 22.8 Å². The van der Waals surface area contributed by atoms with E-state index in [9.17, 15) is 34.5 Å². The number of imidazole rings is 3. The first-order chi connectivity index (χ1) is 55.2. The molecule has 0 aliphatic carbocycles. The van der Waals surface area contributed by atoms with Crippen molar-refractivity contribution >= 4 is 57.6 Å². The minimum atomic E-state index is -1.17. The molecule has 6 saturated heterocycles. The zero-order valence-electron chi connectivity index (χ0n) is 65.3. The van der Waals surface area contributed by atoms with Crippen molar-refractivity contribution in [3.8, 4) is 33.8 Å². The lowest BCUT2D eigenvalue weighted by Crippen LogP contribution is -2.52. The number of hydrogen-bond donors (Lipinski definition) is 6. The molecule has 12 atom stereocenters. The van der Waals surface area contributed by atoms with Crippen LogP contribution in [0.25, 0.3) is 50.3 Å². The van der Waals surface area contributed by atoms with Crippen LogP contribution in [0.3, 0.4) is 0 Å². The quantitative estimate of drug-likeness (QED) is 0.0490.